The number of halogens is 1. The summed E-state index contributed by atoms with van der Waals surface area (Å²) < 4.78 is 35.7. The first-order valence-corrected chi connectivity index (χ1v) is 7.91. The number of hydrogen-bond donors (Lipinski definition) is 2. The Hall–Kier alpha value is -1.66. The maximum Gasteiger partial charge on any atom is 0.209 e. The molecule has 0 fully saturated rings. The van der Waals surface area contributed by atoms with Crippen molar-refractivity contribution in [1.82, 2.24) is 0 Å². The van der Waals surface area contributed by atoms with Gasteiger partial charge in [0.25, 0.3) is 0 Å². The van der Waals surface area contributed by atoms with E-state index in [2.05, 4.69) is 0 Å². The number of aromatic hydroxyl groups is 1. The Labute approximate surface area is 117 Å². The molecule has 0 amide bonds. The monoisotopic (exact) mass is 297 g/mol. The Balaban J connectivity index is 2.42. The molecule has 0 unspecified atom stereocenters. The van der Waals surface area contributed by atoms with E-state index in [0.29, 0.717) is 21.9 Å². The van der Waals surface area contributed by atoms with Crippen LogP contribution >= 0.6 is 0 Å². The molecule has 3 N–H and O–H groups in total. The fourth-order valence-electron chi connectivity index (χ4n) is 2.24. The Kier molecular flexibility index (Phi) is 3.96. The third kappa shape index (κ3) is 3.08. The van der Waals surface area contributed by atoms with Gasteiger partial charge in [0.1, 0.15) is 11.6 Å². The minimum atomic E-state index is -3.55. The fourth-order valence-corrected chi connectivity index (χ4v) is 2.79. The van der Waals surface area contributed by atoms with E-state index in [1.54, 1.807) is 19.1 Å². The number of hydrogen-bond acceptors (Lipinski definition) is 3. The van der Waals surface area contributed by atoms with Crippen molar-refractivity contribution in [1.29, 1.82) is 0 Å². The van der Waals surface area contributed by atoms with Gasteiger partial charge < -0.3 is 5.11 Å². The number of primary sulfonamides is 1. The highest BCUT2D eigenvalue weighted by molar-refractivity contribution is 7.89. The van der Waals surface area contributed by atoms with E-state index in [4.69, 9.17) is 5.14 Å². The number of aryl methyl sites for hydroxylation is 2. The van der Waals surface area contributed by atoms with Crippen LogP contribution in [0.1, 0.15) is 17.5 Å². The molecule has 108 valence electrons. The number of rotatable bonds is 4. The van der Waals surface area contributed by atoms with Crippen molar-refractivity contribution >= 4 is 20.8 Å². The molecule has 0 saturated heterocycles. The van der Waals surface area contributed by atoms with E-state index in [-0.39, 0.29) is 24.3 Å². The second-order valence-corrected chi connectivity index (χ2v) is 6.56. The van der Waals surface area contributed by atoms with E-state index in [0.717, 1.165) is 0 Å². The summed E-state index contributed by atoms with van der Waals surface area (Å²) >= 11 is 0. The zero-order valence-electron chi connectivity index (χ0n) is 11.1. The van der Waals surface area contributed by atoms with E-state index in [9.17, 15) is 17.9 Å². The molecule has 20 heavy (non-hydrogen) atoms. The van der Waals surface area contributed by atoms with Crippen LogP contribution in [-0.2, 0) is 16.4 Å². The van der Waals surface area contributed by atoms with Gasteiger partial charge in [-0.25, -0.2) is 17.9 Å². The summed E-state index contributed by atoms with van der Waals surface area (Å²) in [7, 11) is -3.55. The number of nitrogens with two attached hydrogens (primary N) is 1. The zero-order valence-corrected chi connectivity index (χ0v) is 11.9. The lowest BCUT2D eigenvalue weighted by atomic mass is 9.98. The van der Waals surface area contributed by atoms with E-state index in [1.807, 2.05) is 0 Å². The summed E-state index contributed by atoms with van der Waals surface area (Å²) in [5, 5.41) is 16.1. The molecule has 0 aliphatic rings. The van der Waals surface area contributed by atoms with E-state index in [1.165, 1.54) is 12.1 Å². The van der Waals surface area contributed by atoms with Gasteiger partial charge in [-0.3, -0.25) is 0 Å². The minimum Gasteiger partial charge on any atom is -0.507 e. The quantitative estimate of drug-likeness (QED) is 0.908. The van der Waals surface area contributed by atoms with Crippen molar-refractivity contribution in [3.8, 4) is 5.75 Å². The van der Waals surface area contributed by atoms with Crippen LogP contribution in [0.5, 0.6) is 5.75 Å². The Bertz CT molecular complexity index is 757. The molecule has 4 nitrogen and oxygen atoms in total. The molecule has 0 aliphatic carbocycles. The maximum atomic E-state index is 13.9. The second kappa shape index (κ2) is 5.38. The topological polar surface area (TPSA) is 80.4 Å². The first-order chi connectivity index (χ1) is 9.29. The first-order valence-electron chi connectivity index (χ1n) is 6.20. The van der Waals surface area contributed by atoms with E-state index >= 15 is 0 Å². The Morgan fingerprint density at radius 1 is 1.20 bits per heavy atom. The van der Waals surface area contributed by atoms with Crippen LogP contribution in [-0.4, -0.2) is 19.3 Å². The summed E-state index contributed by atoms with van der Waals surface area (Å²) in [6.07, 6.45) is 0.492. The average Bonchev–Trinajstić information content (AvgIpc) is 2.35. The summed E-state index contributed by atoms with van der Waals surface area (Å²) in [6.45, 7) is 1.76. The van der Waals surface area contributed by atoms with Crippen LogP contribution in [0.3, 0.4) is 0 Å². The number of phenolic OH excluding ortho intramolecular Hbond substituents is 1. The summed E-state index contributed by atoms with van der Waals surface area (Å²) in [5.41, 5.74) is 1.11. The summed E-state index contributed by atoms with van der Waals surface area (Å²) in [4.78, 5) is 0. The molecule has 0 radical (unpaired) electrons. The van der Waals surface area contributed by atoms with Gasteiger partial charge in [0.2, 0.25) is 10.0 Å². The first kappa shape index (κ1) is 14.7. The third-order valence-electron chi connectivity index (χ3n) is 3.28. The smallest absolute Gasteiger partial charge is 0.209 e. The lowest BCUT2D eigenvalue weighted by Crippen LogP contribution is -2.17. The standard InChI is InChI=1S/C14H16FNO3S/c1-9-4-5-10-11(3-2-8-20(16,18)19)13(15)7-6-12(10)14(9)17/h4-7,17H,2-3,8H2,1H3,(H2,16,18,19). The molecule has 0 spiro atoms. The molecule has 2 aromatic carbocycles. The molecule has 0 aliphatic heterocycles. The lowest BCUT2D eigenvalue weighted by molar-refractivity contribution is 0.477. The summed E-state index contributed by atoms with van der Waals surface area (Å²) in [5.74, 6) is -0.480. The van der Waals surface area contributed by atoms with Crippen LogP contribution in [0.2, 0.25) is 0 Å². The van der Waals surface area contributed by atoms with Crippen molar-refractivity contribution in [2.75, 3.05) is 5.75 Å². The van der Waals surface area contributed by atoms with Crippen molar-refractivity contribution in [3.05, 3.63) is 41.2 Å². The van der Waals surface area contributed by atoms with Crippen LogP contribution in [0.15, 0.2) is 24.3 Å². The van der Waals surface area contributed by atoms with Gasteiger partial charge in [0.05, 0.1) is 5.75 Å². The van der Waals surface area contributed by atoms with Crippen LogP contribution in [0.4, 0.5) is 4.39 Å². The average molecular weight is 297 g/mol. The van der Waals surface area contributed by atoms with Crippen molar-refractivity contribution in [2.24, 2.45) is 5.14 Å². The third-order valence-corrected chi connectivity index (χ3v) is 4.14. The van der Waals surface area contributed by atoms with Gasteiger partial charge in [-0.15, -0.1) is 0 Å². The highest BCUT2D eigenvalue weighted by atomic mass is 32.2. The molecular weight excluding hydrogens is 281 g/mol. The number of phenols is 1. The number of sulfonamides is 1. The SMILES string of the molecule is Cc1ccc2c(CCCS(N)(=O)=O)c(F)ccc2c1O. The molecule has 6 heteroatoms. The van der Waals surface area contributed by atoms with E-state index < -0.39 is 15.8 Å². The van der Waals surface area contributed by atoms with Gasteiger partial charge in [-0.05, 0) is 48.4 Å². The second-order valence-electron chi connectivity index (χ2n) is 4.82. The van der Waals surface area contributed by atoms with Gasteiger partial charge >= 0.3 is 0 Å². The molecule has 0 saturated carbocycles. The fraction of sp³-hybridized carbons (Fsp3) is 0.286. The lowest BCUT2D eigenvalue weighted by Gasteiger charge is -2.10. The predicted octanol–water partition coefficient (Wildman–Crippen LogP) is 2.21. The molecule has 2 rings (SSSR count). The van der Waals surface area contributed by atoms with Crippen molar-refractivity contribution < 1.29 is 17.9 Å². The predicted molar refractivity (Wildman–Crippen MR) is 76.6 cm³/mol. The largest absolute Gasteiger partial charge is 0.507 e. The van der Waals surface area contributed by atoms with Gasteiger partial charge in [0, 0.05) is 5.39 Å². The van der Waals surface area contributed by atoms with Crippen LogP contribution in [0.25, 0.3) is 10.8 Å². The molecule has 0 heterocycles. The molecule has 0 bridgehead atoms. The summed E-state index contributed by atoms with van der Waals surface area (Å²) in [6, 6.07) is 6.25. The van der Waals surface area contributed by atoms with Crippen LogP contribution < -0.4 is 5.14 Å². The number of benzene rings is 2. The minimum absolute atomic E-state index is 0.121. The highest BCUT2D eigenvalue weighted by Crippen LogP contribution is 2.32. The molecule has 2 aromatic rings. The van der Waals surface area contributed by atoms with Crippen molar-refractivity contribution in [2.45, 2.75) is 19.8 Å². The van der Waals surface area contributed by atoms with Crippen LogP contribution in [0, 0.1) is 12.7 Å². The Morgan fingerprint density at radius 3 is 2.50 bits per heavy atom. The molecule has 0 atom stereocenters. The Morgan fingerprint density at radius 2 is 1.85 bits per heavy atom. The highest BCUT2D eigenvalue weighted by Gasteiger charge is 2.12. The maximum absolute atomic E-state index is 13.9. The number of fused-ring (bicyclic) bond motifs is 1. The normalized spacial score (nSPS) is 11.9. The van der Waals surface area contributed by atoms with Gasteiger partial charge in [-0.1, -0.05) is 12.1 Å². The zero-order chi connectivity index (χ0) is 14.9. The molecular formula is C14H16FNO3S. The van der Waals surface area contributed by atoms with Gasteiger partial charge in [-0.2, -0.15) is 0 Å². The molecule has 0 aromatic heterocycles. The van der Waals surface area contributed by atoms with Crippen molar-refractivity contribution in [3.63, 3.8) is 0 Å². The van der Waals surface area contributed by atoms with Gasteiger partial charge in [0.15, 0.2) is 0 Å².